The molecule has 4 aromatic rings. The van der Waals surface area contributed by atoms with Gasteiger partial charge >= 0.3 is 0 Å². The summed E-state index contributed by atoms with van der Waals surface area (Å²) in [6, 6.07) is 18.1. The molecule has 0 saturated carbocycles. The van der Waals surface area contributed by atoms with E-state index in [9.17, 15) is 4.79 Å². The Bertz CT molecular complexity index is 1060. The van der Waals surface area contributed by atoms with Gasteiger partial charge in [-0.05, 0) is 24.1 Å². The second kappa shape index (κ2) is 8.27. The van der Waals surface area contributed by atoms with Crippen LogP contribution in [0.2, 0.25) is 0 Å². The molecule has 5 nitrogen and oxygen atoms in total. The molecule has 2 heterocycles. The van der Waals surface area contributed by atoms with Gasteiger partial charge in [-0.25, -0.2) is 15.0 Å². The lowest BCUT2D eigenvalue weighted by atomic mass is 9.96. The number of carbonyl (C=O) groups excluding carboxylic acids is 1. The zero-order valence-electron chi connectivity index (χ0n) is 15.5. The lowest BCUT2D eigenvalue weighted by Crippen LogP contribution is -2.29. The largest absolute Gasteiger partial charge is 0.350 e. The Balaban J connectivity index is 1.57. The summed E-state index contributed by atoms with van der Waals surface area (Å²) in [7, 11) is 0. The molecule has 28 heavy (non-hydrogen) atoms. The average molecular weight is 388 g/mol. The lowest BCUT2D eigenvalue weighted by molar-refractivity contribution is 0.0946. The van der Waals surface area contributed by atoms with E-state index in [2.05, 4.69) is 39.3 Å². The number of nitrogens with zero attached hydrogens (tertiary/aromatic N) is 3. The third-order valence-electron chi connectivity index (χ3n) is 4.68. The fraction of sp³-hybridized carbons (Fsp3) is 0.182. The van der Waals surface area contributed by atoms with Crippen molar-refractivity contribution < 1.29 is 4.79 Å². The number of hydrogen-bond donors (Lipinski definition) is 1. The van der Waals surface area contributed by atoms with Gasteiger partial charge in [-0.15, -0.1) is 11.3 Å². The maximum Gasteiger partial charge on any atom is 0.272 e. The molecule has 2 aromatic heterocycles. The number of rotatable bonds is 6. The first kappa shape index (κ1) is 18.3. The third kappa shape index (κ3) is 3.77. The Morgan fingerprint density at radius 3 is 2.57 bits per heavy atom. The van der Waals surface area contributed by atoms with Gasteiger partial charge in [-0.1, -0.05) is 49.4 Å². The van der Waals surface area contributed by atoms with Crippen LogP contribution >= 0.6 is 11.3 Å². The van der Waals surface area contributed by atoms with E-state index < -0.39 is 0 Å². The third-order valence-corrected chi connectivity index (χ3v) is 5.73. The van der Waals surface area contributed by atoms with Crippen molar-refractivity contribution in [3.8, 4) is 10.7 Å². The van der Waals surface area contributed by atoms with Gasteiger partial charge in [-0.3, -0.25) is 4.79 Å². The van der Waals surface area contributed by atoms with Crippen molar-refractivity contribution in [2.75, 3.05) is 6.54 Å². The zero-order chi connectivity index (χ0) is 19.3. The Hall–Kier alpha value is -3.12. The van der Waals surface area contributed by atoms with Crippen molar-refractivity contribution in [2.24, 2.45) is 0 Å². The summed E-state index contributed by atoms with van der Waals surface area (Å²) in [4.78, 5) is 26.2. The quantitative estimate of drug-likeness (QED) is 0.521. The van der Waals surface area contributed by atoms with Crippen LogP contribution < -0.4 is 5.32 Å². The Labute approximate surface area is 167 Å². The first-order chi connectivity index (χ1) is 13.8. The van der Waals surface area contributed by atoms with Crippen LogP contribution in [0.4, 0.5) is 0 Å². The molecule has 1 amide bonds. The predicted octanol–water partition coefficient (Wildman–Crippen LogP) is 4.68. The van der Waals surface area contributed by atoms with E-state index in [4.69, 9.17) is 0 Å². The Morgan fingerprint density at radius 1 is 1.04 bits per heavy atom. The van der Waals surface area contributed by atoms with Crippen molar-refractivity contribution in [3.63, 3.8) is 0 Å². The minimum Gasteiger partial charge on any atom is -0.350 e. The summed E-state index contributed by atoms with van der Waals surface area (Å²) >= 11 is 1.51. The number of nitrogens with one attached hydrogen (secondary N) is 1. The van der Waals surface area contributed by atoms with Crippen LogP contribution in [-0.2, 0) is 0 Å². The molecule has 0 radical (unpaired) electrons. The normalized spacial score (nSPS) is 12.0. The van der Waals surface area contributed by atoms with Crippen LogP contribution in [0.5, 0.6) is 0 Å². The highest BCUT2D eigenvalue weighted by molar-refractivity contribution is 7.21. The maximum absolute atomic E-state index is 12.9. The van der Waals surface area contributed by atoms with E-state index in [1.807, 2.05) is 42.5 Å². The molecule has 2 aromatic carbocycles. The molecule has 0 unspecified atom stereocenters. The smallest absolute Gasteiger partial charge is 0.272 e. The van der Waals surface area contributed by atoms with Gasteiger partial charge in [0.25, 0.3) is 5.91 Å². The Morgan fingerprint density at radius 2 is 1.79 bits per heavy atom. The van der Waals surface area contributed by atoms with E-state index in [0.717, 1.165) is 16.6 Å². The maximum atomic E-state index is 12.9. The molecule has 0 bridgehead atoms. The highest BCUT2D eigenvalue weighted by atomic mass is 32.1. The fourth-order valence-electron chi connectivity index (χ4n) is 3.16. The molecule has 1 N–H and O–H groups in total. The number of carbonyl (C=O) groups is 1. The summed E-state index contributed by atoms with van der Waals surface area (Å²) in [5, 5.41) is 3.73. The summed E-state index contributed by atoms with van der Waals surface area (Å²) < 4.78 is 1.06. The van der Waals surface area contributed by atoms with E-state index in [1.54, 1.807) is 12.4 Å². The van der Waals surface area contributed by atoms with Crippen molar-refractivity contribution >= 4 is 27.5 Å². The molecule has 0 saturated heterocycles. The number of para-hydroxylation sites is 1. The van der Waals surface area contributed by atoms with Crippen molar-refractivity contribution in [1.82, 2.24) is 20.3 Å². The molecule has 6 heteroatoms. The number of aromatic nitrogens is 3. The minimum absolute atomic E-state index is 0.225. The number of benzene rings is 2. The molecule has 4 rings (SSSR count). The predicted molar refractivity (Wildman–Crippen MR) is 112 cm³/mol. The van der Waals surface area contributed by atoms with Gasteiger partial charge < -0.3 is 5.32 Å². The van der Waals surface area contributed by atoms with Gasteiger partial charge in [0.2, 0.25) is 0 Å². The number of amides is 1. The Kier molecular flexibility index (Phi) is 5.39. The molecular weight excluding hydrogens is 368 g/mol. The summed E-state index contributed by atoms with van der Waals surface area (Å²) in [5.41, 5.74) is 2.95. The van der Waals surface area contributed by atoms with Gasteiger partial charge in [0, 0.05) is 24.9 Å². The van der Waals surface area contributed by atoms with Gasteiger partial charge in [0.05, 0.1) is 10.2 Å². The van der Waals surface area contributed by atoms with Crippen LogP contribution in [0.1, 0.15) is 35.3 Å². The highest BCUT2D eigenvalue weighted by Crippen LogP contribution is 2.30. The van der Waals surface area contributed by atoms with E-state index in [-0.39, 0.29) is 11.8 Å². The minimum atomic E-state index is -0.225. The first-order valence-electron chi connectivity index (χ1n) is 9.26. The summed E-state index contributed by atoms with van der Waals surface area (Å²) in [5.74, 6) is 0.0319. The number of hydrogen-bond acceptors (Lipinski definition) is 5. The molecule has 0 fully saturated rings. The fourth-order valence-corrected chi connectivity index (χ4v) is 4.12. The van der Waals surface area contributed by atoms with Gasteiger partial charge in [-0.2, -0.15) is 0 Å². The monoisotopic (exact) mass is 388 g/mol. The van der Waals surface area contributed by atoms with Gasteiger partial charge in [0.15, 0.2) is 5.69 Å². The molecule has 0 spiro atoms. The SMILES string of the molecule is CC[C@@H](CNC(=O)c1nccnc1-c1nc2ccccc2s1)c1ccccc1. The topological polar surface area (TPSA) is 67.8 Å². The molecule has 0 aliphatic heterocycles. The van der Waals surface area contributed by atoms with E-state index in [0.29, 0.717) is 22.9 Å². The second-order valence-electron chi connectivity index (χ2n) is 6.47. The van der Waals surface area contributed by atoms with Crippen molar-refractivity contribution in [2.45, 2.75) is 19.3 Å². The molecule has 1 atom stereocenters. The second-order valence-corrected chi connectivity index (χ2v) is 7.50. The lowest BCUT2D eigenvalue weighted by Gasteiger charge is -2.16. The van der Waals surface area contributed by atoms with Crippen LogP contribution in [0.15, 0.2) is 67.0 Å². The zero-order valence-corrected chi connectivity index (χ0v) is 16.3. The van der Waals surface area contributed by atoms with Crippen LogP contribution in [-0.4, -0.2) is 27.4 Å². The molecule has 0 aliphatic rings. The standard InChI is InChI=1S/C22H20N4OS/c1-2-15(16-8-4-3-5-9-16)14-25-21(27)19-20(24-13-12-23-19)22-26-17-10-6-7-11-18(17)28-22/h3-13,15H,2,14H2,1H3,(H,25,27)/t15-/m0/s1. The molecule has 0 aliphatic carbocycles. The van der Waals surface area contributed by atoms with Crippen LogP contribution in [0.3, 0.4) is 0 Å². The molecular formula is C22H20N4OS. The van der Waals surface area contributed by atoms with Crippen LogP contribution in [0.25, 0.3) is 20.9 Å². The van der Waals surface area contributed by atoms with E-state index >= 15 is 0 Å². The summed E-state index contributed by atoms with van der Waals surface area (Å²) in [6.07, 6.45) is 4.08. The van der Waals surface area contributed by atoms with Crippen LogP contribution in [0, 0.1) is 0 Å². The first-order valence-corrected chi connectivity index (χ1v) is 10.1. The molecule has 140 valence electrons. The number of thiazole rings is 1. The highest BCUT2D eigenvalue weighted by Gasteiger charge is 2.20. The number of fused-ring (bicyclic) bond motifs is 1. The van der Waals surface area contributed by atoms with Crippen molar-refractivity contribution in [1.29, 1.82) is 0 Å². The van der Waals surface area contributed by atoms with E-state index in [1.165, 1.54) is 16.9 Å². The van der Waals surface area contributed by atoms with Gasteiger partial charge in [0.1, 0.15) is 10.7 Å². The van der Waals surface area contributed by atoms with Crippen molar-refractivity contribution in [3.05, 3.63) is 78.2 Å². The summed E-state index contributed by atoms with van der Waals surface area (Å²) in [6.45, 7) is 2.67. The average Bonchev–Trinajstić information content (AvgIpc) is 3.19.